The second kappa shape index (κ2) is 4.26. The predicted octanol–water partition coefficient (Wildman–Crippen LogP) is 3.32. The van der Waals surface area contributed by atoms with E-state index in [1.807, 2.05) is 5.38 Å². The number of anilines is 1. The molecule has 1 aliphatic carbocycles. The van der Waals surface area contributed by atoms with Gasteiger partial charge in [-0.1, -0.05) is 25.5 Å². The summed E-state index contributed by atoms with van der Waals surface area (Å²) in [4.78, 5) is 16.2. The van der Waals surface area contributed by atoms with Gasteiger partial charge in [0.2, 0.25) is 5.91 Å². The van der Waals surface area contributed by atoms with Crippen molar-refractivity contribution in [2.75, 3.05) is 5.32 Å². The molecule has 0 aliphatic heterocycles. The van der Waals surface area contributed by atoms with Crippen LogP contribution >= 0.6 is 11.3 Å². The minimum atomic E-state index is 0.0681. The second-order valence-electron chi connectivity index (χ2n) is 5.40. The van der Waals surface area contributed by atoms with Crippen LogP contribution in [0.1, 0.15) is 27.7 Å². The van der Waals surface area contributed by atoms with Crippen LogP contribution in [-0.4, -0.2) is 10.9 Å². The molecule has 1 fully saturated rings. The highest BCUT2D eigenvalue weighted by atomic mass is 32.1. The van der Waals surface area contributed by atoms with Crippen molar-refractivity contribution in [1.29, 1.82) is 0 Å². The number of amides is 1. The zero-order chi connectivity index (χ0) is 12.6. The first-order chi connectivity index (χ1) is 7.93. The molecule has 0 spiro atoms. The molecule has 0 aromatic carbocycles. The Bertz CT molecular complexity index is 444. The van der Waals surface area contributed by atoms with Crippen molar-refractivity contribution < 1.29 is 4.79 Å². The molecule has 3 nitrogen and oxygen atoms in total. The van der Waals surface area contributed by atoms with Gasteiger partial charge in [0.1, 0.15) is 0 Å². The van der Waals surface area contributed by atoms with Crippen LogP contribution < -0.4 is 5.32 Å². The number of carbonyl (C=O) groups excluding carboxylic acids is 1. The van der Waals surface area contributed by atoms with Gasteiger partial charge < -0.3 is 5.32 Å². The summed E-state index contributed by atoms with van der Waals surface area (Å²) in [5.41, 5.74) is 1.34. The number of carbonyl (C=O) groups is 1. The SMILES string of the molecule is CC(C)=C[C@@H]1[C@H](C(=O)Nc2nccs2)C1(C)C. The molecule has 1 N–H and O–H groups in total. The van der Waals surface area contributed by atoms with Crippen LogP contribution in [0.25, 0.3) is 0 Å². The maximum absolute atomic E-state index is 12.1. The molecule has 1 aromatic rings. The van der Waals surface area contributed by atoms with Gasteiger partial charge in [0, 0.05) is 11.6 Å². The molecule has 2 rings (SSSR count). The van der Waals surface area contributed by atoms with Crippen molar-refractivity contribution in [1.82, 2.24) is 4.98 Å². The van der Waals surface area contributed by atoms with E-state index >= 15 is 0 Å². The molecule has 1 amide bonds. The average molecular weight is 250 g/mol. The molecule has 1 saturated carbocycles. The van der Waals surface area contributed by atoms with Gasteiger partial charge in [-0.2, -0.15) is 0 Å². The summed E-state index contributed by atoms with van der Waals surface area (Å²) in [5.74, 6) is 0.515. The lowest BCUT2D eigenvalue weighted by Crippen LogP contribution is -2.16. The van der Waals surface area contributed by atoms with Gasteiger partial charge in [-0.3, -0.25) is 4.79 Å². The zero-order valence-electron chi connectivity index (χ0n) is 10.7. The smallest absolute Gasteiger partial charge is 0.230 e. The Morgan fingerprint density at radius 1 is 1.53 bits per heavy atom. The minimum absolute atomic E-state index is 0.0681. The largest absolute Gasteiger partial charge is 0.302 e. The number of nitrogens with zero attached hydrogens (tertiary/aromatic N) is 1. The van der Waals surface area contributed by atoms with Crippen molar-refractivity contribution >= 4 is 22.4 Å². The highest BCUT2D eigenvalue weighted by molar-refractivity contribution is 7.13. The van der Waals surface area contributed by atoms with Crippen molar-refractivity contribution in [3.8, 4) is 0 Å². The Hall–Kier alpha value is -1.16. The Balaban J connectivity index is 2.04. The van der Waals surface area contributed by atoms with Crippen molar-refractivity contribution in [2.45, 2.75) is 27.7 Å². The fraction of sp³-hybridized carbons (Fsp3) is 0.538. The number of aromatic nitrogens is 1. The topological polar surface area (TPSA) is 42.0 Å². The van der Waals surface area contributed by atoms with Crippen LogP contribution in [0.5, 0.6) is 0 Å². The lowest BCUT2D eigenvalue weighted by molar-refractivity contribution is -0.118. The summed E-state index contributed by atoms with van der Waals surface area (Å²) >= 11 is 1.45. The fourth-order valence-electron chi connectivity index (χ4n) is 2.32. The lowest BCUT2D eigenvalue weighted by atomic mass is 10.1. The molecular formula is C13H18N2OS. The van der Waals surface area contributed by atoms with Crippen LogP contribution in [0.4, 0.5) is 5.13 Å². The highest BCUT2D eigenvalue weighted by Crippen LogP contribution is 2.59. The van der Waals surface area contributed by atoms with Gasteiger partial charge in [-0.05, 0) is 25.2 Å². The number of nitrogens with one attached hydrogen (secondary N) is 1. The molecule has 1 heterocycles. The summed E-state index contributed by atoms with van der Waals surface area (Å²) in [7, 11) is 0. The molecule has 2 atom stereocenters. The normalized spacial score (nSPS) is 25.2. The van der Waals surface area contributed by atoms with E-state index in [4.69, 9.17) is 0 Å². The van der Waals surface area contributed by atoms with Gasteiger partial charge in [0.05, 0.1) is 5.92 Å². The first-order valence-corrected chi connectivity index (χ1v) is 6.66. The maximum atomic E-state index is 12.1. The molecule has 1 aliphatic rings. The van der Waals surface area contributed by atoms with E-state index in [0.29, 0.717) is 11.0 Å². The second-order valence-corrected chi connectivity index (χ2v) is 6.29. The summed E-state index contributed by atoms with van der Waals surface area (Å²) < 4.78 is 0. The van der Waals surface area contributed by atoms with Crippen LogP contribution in [-0.2, 0) is 4.79 Å². The summed E-state index contributed by atoms with van der Waals surface area (Å²) in [6.45, 7) is 8.43. The molecule has 17 heavy (non-hydrogen) atoms. The van der Waals surface area contributed by atoms with Crippen LogP contribution in [0.15, 0.2) is 23.2 Å². The van der Waals surface area contributed by atoms with Crippen molar-refractivity contribution in [2.24, 2.45) is 17.3 Å². The number of allylic oxidation sites excluding steroid dienone is 2. The Kier molecular flexibility index (Phi) is 3.08. The van der Waals surface area contributed by atoms with Gasteiger partial charge in [-0.15, -0.1) is 11.3 Å². The van der Waals surface area contributed by atoms with Crippen LogP contribution in [0, 0.1) is 17.3 Å². The first kappa shape index (κ1) is 12.3. The quantitative estimate of drug-likeness (QED) is 0.836. The van der Waals surface area contributed by atoms with Crippen LogP contribution in [0.3, 0.4) is 0 Å². The third-order valence-electron chi connectivity index (χ3n) is 3.37. The van der Waals surface area contributed by atoms with Gasteiger partial charge >= 0.3 is 0 Å². The predicted molar refractivity (Wildman–Crippen MR) is 70.9 cm³/mol. The molecule has 1 aromatic heterocycles. The van der Waals surface area contributed by atoms with E-state index in [9.17, 15) is 4.79 Å². The van der Waals surface area contributed by atoms with E-state index in [1.165, 1.54) is 16.9 Å². The van der Waals surface area contributed by atoms with Gasteiger partial charge in [0.15, 0.2) is 5.13 Å². The van der Waals surface area contributed by atoms with E-state index in [-0.39, 0.29) is 17.2 Å². The number of thiazole rings is 1. The fourth-order valence-corrected chi connectivity index (χ4v) is 2.85. The zero-order valence-corrected chi connectivity index (χ0v) is 11.5. The van der Waals surface area contributed by atoms with E-state index in [1.54, 1.807) is 6.20 Å². The van der Waals surface area contributed by atoms with E-state index in [0.717, 1.165) is 0 Å². The Labute approximate surface area is 106 Å². The Morgan fingerprint density at radius 3 is 2.76 bits per heavy atom. The summed E-state index contributed by atoms with van der Waals surface area (Å²) in [6, 6.07) is 0. The van der Waals surface area contributed by atoms with E-state index < -0.39 is 0 Å². The molecule has 0 bridgehead atoms. The third-order valence-corrected chi connectivity index (χ3v) is 4.06. The number of hydrogen-bond donors (Lipinski definition) is 1. The third kappa shape index (κ3) is 2.41. The monoisotopic (exact) mass is 250 g/mol. The molecule has 0 saturated heterocycles. The number of rotatable bonds is 3. The maximum Gasteiger partial charge on any atom is 0.230 e. The molecule has 92 valence electrons. The molecular weight excluding hydrogens is 232 g/mol. The molecule has 0 unspecified atom stereocenters. The molecule has 0 radical (unpaired) electrons. The average Bonchev–Trinajstić information content (AvgIpc) is 2.64. The van der Waals surface area contributed by atoms with Crippen molar-refractivity contribution in [3.05, 3.63) is 23.2 Å². The van der Waals surface area contributed by atoms with Gasteiger partial charge in [0.25, 0.3) is 0 Å². The number of hydrogen-bond acceptors (Lipinski definition) is 3. The highest BCUT2D eigenvalue weighted by Gasteiger charge is 2.60. The standard InChI is InChI=1S/C13H18N2OS/c1-8(2)7-9-10(13(9,3)4)11(16)15-12-14-5-6-17-12/h5-7,9-10H,1-4H3,(H,14,15,16)/t9-,10-/m1/s1. The van der Waals surface area contributed by atoms with Gasteiger partial charge in [-0.25, -0.2) is 4.98 Å². The lowest BCUT2D eigenvalue weighted by Gasteiger charge is -2.02. The summed E-state index contributed by atoms with van der Waals surface area (Å²) in [5, 5.41) is 5.43. The van der Waals surface area contributed by atoms with Crippen LogP contribution in [0.2, 0.25) is 0 Å². The minimum Gasteiger partial charge on any atom is -0.302 e. The summed E-state index contributed by atoms with van der Waals surface area (Å²) in [6.07, 6.45) is 3.90. The first-order valence-electron chi connectivity index (χ1n) is 5.78. The molecule has 4 heteroatoms. The van der Waals surface area contributed by atoms with E-state index in [2.05, 4.69) is 44.1 Å². The Morgan fingerprint density at radius 2 is 2.24 bits per heavy atom. The van der Waals surface area contributed by atoms with Crippen molar-refractivity contribution in [3.63, 3.8) is 0 Å².